The molecule has 1 heteroatoms. The Morgan fingerprint density at radius 1 is 1.62 bits per heavy atom. The molecular weight excluding hydrogens is 103 g/mol. The Kier molecular flexibility index (Phi) is 3.84. The molecule has 0 aromatic rings. The maximum absolute atomic E-state index is 11.8. The van der Waals surface area contributed by atoms with Crippen molar-refractivity contribution < 1.29 is 4.39 Å². The average molecular weight is 117 g/mol. The van der Waals surface area contributed by atoms with E-state index in [1.54, 1.807) is 0 Å². The van der Waals surface area contributed by atoms with E-state index in [9.17, 15) is 4.39 Å². The molecule has 0 aliphatic carbocycles. The second kappa shape index (κ2) is 3.88. The quantitative estimate of drug-likeness (QED) is 0.498. The van der Waals surface area contributed by atoms with Crippen LogP contribution in [0.4, 0.5) is 4.39 Å². The molecule has 50 valence electrons. The number of hydrogen-bond donors (Lipinski definition) is 0. The standard InChI is InChI=1S/C7H14F/c1-4-6(2)7(3)5-8/h6-7H,3-5H2,1-2H3/q-1. The fourth-order valence-corrected chi connectivity index (χ4v) is 0.485. The van der Waals surface area contributed by atoms with Crippen LogP contribution in [0.25, 0.3) is 0 Å². The van der Waals surface area contributed by atoms with E-state index in [4.69, 9.17) is 0 Å². The second-order valence-corrected chi connectivity index (χ2v) is 2.30. The van der Waals surface area contributed by atoms with E-state index in [1.807, 2.05) is 6.92 Å². The van der Waals surface area contributed by atoms with Crippen LogP contribution in [0.3, 0.4) is 0 Å². The van der Waals surface area contributed by atoms with Crippen LogP contribution in [0.2, 0.25) is 0 Å². The van der Waals surface area contributed by atoms with Gasteiger partial charge < -0.3 is 6.92 Å². The van der Waals surface area contributed by atoms with Crippen LogP contribution in [0.15, 0.2) is 0 Å². The van der Waals surface area contributed by atoms with Gasteiger partial charge in [0.25, 0.3) is 0 Å². The number of hydrogen-bond acceptors (Lipinski definition) is 0. The van der Waals surface area contributed by atoms with Crippen LogP contribution in [0, 0.1) is 18.8 Å². The van der Waals surface area contributed by atoms with E-state index in [1.165, 1.54) is 0 Å². The zero-order chi connectivity index (χ0) is 6.57. The highest BCUT2D eigenvalue weighted by Gasteiger charge is 2.01. The summed E-state index contributed by atoms with van der Waals surface area (Å²) in [7, 11) is 0. The van der Waals surface area contributed by atoms with Crippen molar-refractivity contribution in [3.05, 3.63) is 6.92 Å². The summed E-state index contributed by atoms with van der Waals surface area (Å²) in [6.45, 7) is 7.45. The van der Waals surface area contributed by atoms with E-state index in [2.05, 4.69) is 13.8 Å². The van der Waals surface area contributed by atoms with Gasteiger partial charge in [-0.2, -0.15) is 0 Å². The number of halogens is 1. The highest BCUT2D eigenvalue weighted by atomic mass is 19.1. The highest BCUT2D eigenvalue weighted by molar-refractivity contribution is 4.65. The molecule has 0 aromatic heterocycles. The second-order valence-electron chi connectivity index (χ2n) is 2.30. The normalized spacial score (nSPS) is 18.0. The summed E-state index contributed by atoms with van der Waals surface area (Å²) >= 11 is 0. The topological polar surface area (TPSA) is 0 Å². The largest absolute Gasteiger partial charge is 0.338 e. The van der Waals surface area contributed by atoms with Gasteiger partial charge >= 0.3 is 0 Å². The van der Waals surface area contributed by atoms with Gasteiger partial charge in [0, 0.05) is 0 Å². The van der Waals surface area contributed by atoms with Crippen LogP contribution in [0.5, 0.6) is 0 Å². The molecule has 0 spiro atoms. The maximum atomic E-state index is 11.8. The fourth-order valence-electron chi connectivity index (χ4n) is 0.485. The molecule has 2 atom stereocenters. The smallest absolute Gasteiger partial charge is 0.0653 e. The summed E-state index contributed by atoms with van der Waals surface area (Å²) in [5.74, 6) is 0.431. The zero-order valence-corrected chi connectivity index (χ0v) is 5.65. The van der Waals surface area contributed by atoms with E-state index in [0.717, 1.165) is 6.42 Å². The summed E-state index contributed by atoms with van der Waals surface area (Å²) in [5.41, 5.74) is 0. The minimum absolute atomic E-state index is 0.000000000000000444. The van der Waals surface area contributed by atoms with Crippen molar-refractivity contribution in [1.82, 2.24) is 0 Å². The molecular formula is C7H14F-. The first kappa shape index (κ1) is 7.93. The van der Waals surface area contributed by atoms with Crippen molar-refractivity contribution in [3.8, 4) is 0 Å². The first-order valence-corrected chi connectivity index (χ1v) is 3.11. The van der Waals surface area contributed by atoms with Crippen LogP contribution in [-0.4, -0.2) is 6.67 Å². The van der Waals surface area contributed by atoms with Gasteiger partial charge in [-0.25, -0.2) is 0 Å². The molecule has 0 fully saturated rings. The molecule has 0 bridgehead atoms. The van der Waals surface area contributed by atoms with Gasteiger partial charge in [0.05, 0.1) is 6.67 Å². The number of rotatable bonds is 3. The van der Waals surface area contributed by atoms with Crippen molar-refractivity contribution in [2.45, 2.75) is 20.3 Å². The molecule has 0 aliphatic rings. The minimum atomic E-state index is -0.283. The summed E-state index contributed by atoms with van der Waals surface area (Å²) in [5, 5.41) is 0. The van der Waals surface area contributed by atoms with Gasteiger partial charge in [-0.15, -0.1) is 5.92 Å². The SMILES string of the molecule is [CH2-]C(CF)C(C)CC. The Morgan fingerprint density at radius 2 is 2.12 bits per heavy atom. The number of alkyl halides is 1. The molecule has 0 saturated carbocycles. The molecule has 0 heterocycles. The van der Waals surface area contributed by atoms with Crippen LogP contribution < -0.4 is 0 Å². The van der Waals surface area contributed by atoms with Crippen molar-refractivity contribution in [2.24, 2.45) is 11.8 Å². The van der Waals surface area contributed by atoms with Gasteiger partial charge in [0.1, 0.15) is 0 Å². The lowest BCUT2D eigenvalue weighted by molar-refractivity contribution is 0.317. The summed E-state index contributed by atoms with van der Waals surface area (Å²) in [4.78, 5) is 0. The molecule has 0 aliphatic heterocycles. The van der Waals surface area contributed by atoms with E-state index in [-0.39, 0.29) is 12.6 Å². The predicted molar refractivity (Wildman–Crippen MR) is 34.3 cm³/mol. The van der Waals surface area contributed by atoms with Gasteiger partial charge in [-0.1, -0.05) is 26.2 Å². The lowest BCUT2D eigenvalue weighted by atomic mass is 9.95. The lowest BCUT2D eigenvalue weighted by Crippen LogP contribution is -2.08. The van der Waals surface area contributed by atoms with Crippen molar-refractivity contribution in [1.29, 1.82) is 0 Å². The van der Waals surface area contributed by atoms with Gasteiger partial charge in [0.15, 0.2) is 0 Å². The molecule has 0 radical (unpaired) electrons. The molecule has 0 nitrogen and oxygen atoms in total. The Labute approximate surface area is 51.1 Å². The van der Waals surface area contributed by atoms with E-state index >= 15 is 0 Å². The summed E-state index contributed by atoms with van der Waals surface area (Å²) < 4.78 is 11.8. The van der Waals surface area contributed by atoms with Gasteiger partial charge in [-0.05, 0) is 0 Å². The molecule has 0 aromatic carbocycles. The Hall–Kier alpha value is -0.0700. The Balaban J connectivity index is 3.29. The molecule has 8 heavy (non-hydrogen) atoms. The third-order valence-corrected chi connectivity index (χ3v) is 1.65. The van der Waals surface area contributed by atoms with Crippen LogP contribution >= 0.6 is 0 Å². The van der Waals surface area contributed by atoms with Crippen LogP contribution in [-0.2, 0) is 0 Å². The molecule has 0 rings (SSSR count). The summed E-state index contributed by atoms with van der Waals surface area (Å²) in [6.07, 6.45) is 1.03. The first-order valence-electron chi connectivity index (χ1n) is 3.11. The molecule has 0 N–H and O–H groups in total. The third kappa shape index (κ3) is 2.29. The maximum Gasteiger partial charge on any atom is 0.0653 e. The van der Waals surface area contributed by atoms with E-state index in [0.29, 0.717) is 5.92 Å². The van der Waals surface area contributed by atoms with Crippen molar-refractivity contribution >= 4 is 0 Å². The average Bonchev–Trinajstić information content (AvgIpc) is 1.84. The Morgan fingerprint density at radius 3 is 2.25 bits per heavy atom. The van der Waals surface area contributed by atoms with Gasteiger partial charge in [0.2, 0.25) is 0 Å². The highest BCUT2D eigenvalue weighted by Crippen LogP contribution is 2.13. The lowest BCUT2D eigenvalue weighted by Gasteiger charge is -2.19. The molecule has 2 unspecified atom stereocenters. The third-order valence-electron chi connectivity index (χ3n) is 1.65. The van der Waals surface area contributed by atoms with Crippen molar-refractivity contribution in [2.75, 3.05) is 6.67 Å². The molecule has 0 amide bonds. The first-order chi connectivity index (χ1) is 3.72. The predicted octanol–water partition coefficient (Wildman–Crippen LogP) is 2.45. The van der Waals surface area contributed by atoms with Crippen LogP contribution in [0.1, 0.15) is 20.3 Å². The van der Waals surface area contributed by atoms with E-state index < -0.39 is 0 Å². The summed E-state index contributed by atoms with van der Waals surface area (Å²) in [6, 6.07) is 0. The monoisotopic (exact) mass is 117 g/mol. The van der Waals surface area contributed by atoms with Gasteiger partial charge in [-0.3, -0.25) is 4.39 Å². The molecule has 0 saturated heterocycles. The minimum Gasteiger partial charge on any atom is -0.338 e. The van der Waals surface area contributed by atoms with Crippen molar-refractivity contribution in [3.63, 3.8) is 0 Å². The Bertz CT molecular complexity index is 44.3. The zero-order valence-electron chi connectivity index (χ0n) is 5.65. The fraction of sp³-hybridized carbons (Fsp3) is 0.857.